The number of halogens is 1. The lowest BCUT2D eigenvalue weighted by Gasteiger charge is -2.40. The number of piperazine rings is 1. The van der Waals surface area contributed by atoms with Gasteiger partial charge in [0.2, 0.25) is 0 Å². The van der Waals surface area contributed by atoms with Crippen LogP contribution < -0.4 is 0 Å². The van der Waals surface area contributed by atoms with Gasteiger partial charge < -0.3 is 14.5 Å². The van der Waals surface area contributed by atoms with Crippen LogP contribution in [0.2, 0.25) is 0 Å². The summed E-state index contributed by atoms with van der Waals surface area (Å²) in [5.74, 6) is -0.0896. The molecule has 128 valence electrons. The first-order valence-electron chi connectivity index (χ1n) is 7.56. The fraction of sp³-hybridized carbons (Fsp3) is 0.667. The molecule has 2 rings (SSSR count). The Labute approximate surface area is 144 Å². The molecule has 0 N–H and O–H groups in total. The maximum Gasteiger partial charge on any atom is 0.410 e. The van der Waals surface area contributed by atoms with E-state index in [-0.39, 0.29) is 18.0 Å². The van der Waals surface area contributed by atoms with Crippen molar-refractivity contribution in [2.75, 3.05) is 19.6 Å². The molecule has 1 aliphatic heterocycles. The topological polar surface area (TPSA) is 67.7 Å². The van der Waals surface area contributed by atoms with E-state index >= 15 is 0 Å². The Bertz CT molecular complexity index is 589. The predicted octanol–water partition coefficient (Wildman–Crippen LogP) is 2.26. The predicted molar refractivity (Wildman–Crippen MR) is 89.2 cm³/mol. The van der Waals surface area contributed by atoms with E-state index in [1.807, 2.05) is 27.7 Å². The van der Waals surface area contributed by atoms with Crippen molar-refractivity contribution in [1.82, 2.24) is 19.6 Å². The third-order valence-electron chi connectivity index (χ3n) is 3.64. The van der Waals surface area contributed by atoms with Gasteiger partial charge in [-0.05, 0) is 43.6 Å². The van der Waals surface area contributed by atoms with Crippen molar-refractivity contribution >= 4 is 27.9 Å². The van der Waals surface area contributed by atoms with Gasteiger partial charge in [-0.2, -0.15) is 5.10 Å². The van der Waals surface area contributed by atoms with Crippen LogP contribution in [0.4, 0.5) is 4.79 Å². The van der Waals surface area contributed by atoms with Crippen LogP contribution in [0.3, 0.4) is 0 Å². The van der Waals surface area contributed by atoms with Crippen molar-refractivity contribution in [3.8, 4) is 0 Å². The number of ether oxygens (including phenoxy) is 1. The molecule has 7 nitrogen and oxygen atoms in total. The van der Waals surface area contributed by atoms with Crippen LogP contribution in [0.15, 0.2) is 10.7 Å². The molecule has 0 aromatic carbocycles. The van der Waals surface area contributed by atoms with Crippen LogP contribution in [-0.4, -0.2) is 62.9 Å². The highest BCUT2D eigenvalue weighted by Crippen LogP contribution is 2.21. The van der Waals surface area contributed by atoms with Crippen LogP contribution in [0.25, 0.3) is 0 Å². The van der Waals surface area contributed by atoms with Crippen LogP contribution in [-0.2, 0) is 11.8 Å². The standard InChI is InChI=1S/C15H23BrN4O3/c1-10-9-19(14(22)23-15(2,3)4)6-7-20(10)13(21)12-11(16)8-17-18(12)5/h8,10H,6-7,9H2,1-5H3/t10-/m1/s1. The van der Waals surface area contributed by atoms with Crippen LogP contribution in [0, 0.1) is 0 Å². The Balaban J connectivity index is 2.05. The van der Waals surface area contributed by atoms with Gasteiger partial charge in [0.05, 0.1) is 10.7 Å². The van der Waals surface area contributed by atoms with Crippen molar-refractivity contribution in [2.24, 2.45) is 7.05 Å². The van der Waals surface area contributed by atoms with E-state index in [0.717, 1.165) is 0 Å². The lowest BCUT2D eigenvalue weighted by Crippen LogP contribution is -2.56. The van der Waals surface area contributed by atoms with Crippen molar-refractivity contribution in [2.45, 2.75) is 39.3 Å². The number of hydrogen-bond donors (Lipinski definition) is 0. The fourth-order valence-electron chi connectivity index (χ4n) is 2.54. The summed E-state index contributed by atoms with van der Waals surface area (Å²) in [4.78, 5) is 28.3. The first-order valence-corrected chi connectivity index (χ1v) is 8.36. The van der Waals surface area contributed by atoms with Gasteiger partial charge in [0.1, 0.15) is 11.3 Å². The molecule has 1 fully saturated rings. The molecule has 0 spiro atoms. The third-order valence-corrected chi connectivity index (χ3v) is 4.22. The molecule has 0 aliphatic carbocycles. The molecular formula is C15H23BrN4O3. The van der Waals surface area contributed by atoms with E-state index < -0.39 is 5.60 Å². The normalized spacial score (nSPS) is 19.0. The number of aryl methyl sites for hydroxylation is 1. The molecule has 0 radical (unpaired) electrons. The Morgan fingerprint density at radius 1 is 1.35 bits per heavy atom. The summed E-state index contributed by atoms with van der Waals surface area (Å²) in [5.41, 5.74) is -0.00472. The van der Waals surface area contributed by atoms with Gasteiger partial charge in [-0.1, -0.05) is 0 Å². The second-order valence-electron chi connectivity index (χ2n) is 6.74. The molecule has 1 aliphatic rings. The summed E-state index contributed by atoms with van der Waals surface area (Å²) in [6, 6.07) is -0.0921. The fourth-order valence-corrected chi connectivity index (χ4v) is 3.06. The average molecular weight is 387 g/mol. The molecule has 1 atom stereocenters. The summed E-state index contributed by atoms with van der Waals surface area (Å²) >= 11 is 3.36. The molecular weight excluding hydrogens is 364 g/mol. The zero-order valence-electron chi connectivity index (χ0n) is 14.2. The van der Waals surface area contributed by atoms with E-state index in [4.69, 9.17) is 4.74 Å². The molecule has 1 saturated heterocycles. The molecule has 2 amide bonds. The lowest BCUT2D eigenvalue weighted by molar-refractivity contribution is 0.00593. The number of nitrogens with zero attached hydrogens (tertiary/aromatic N) is 4. The van der Waals surface area contributed by atoms with Gasteiger partial charge in [0.25, 0.3) is 5.91 Å². The first-order chi connectivity index (χ1) is 10.6. The average Bonchev–Trinajstić information content (AvgIpc) is 2.75. The van der Waals surface area contributed by atoms with Crippen molar-refractivity contribution in [3.63, 3.8) is 0 Å². The van der Waals surface area contributed by atoms with Gasteiger partial charge in [0, 0.05) is 32.7 Å². The van der Waals surface area contributed by atoms with Gasteiger partial charge >= 0.3 is 6.09 Å². The highest BCUT2D eigenvalue weighted by molar-refractivity contribution is 9.10. The van der Waals surface area contributed by atoms with Gasteiger partial charge in [-0.25, -0.2) is 4.79 Å². The third kappa shape index (κ3) is 4.04. The number of rotatable bonds is 1. The van der Waals surface area contributed by atoms with Crippen LogP contribution in [0.1, 0.15) is 38.2 Å². The summed E-state index contributed by atoms with van der Waals surface area (Å²) < 4.78 is 7.62. The van der Waals surface area contributed by atoms with E-state index in [0.29, 0.717) is 29.8 Å². The van der Waals surface area contributed by atoms with Crippen molar-refractivity contribution < 1.29 is 14.3 Å². The Kier molecular flexibility index (Phi) is 5.03. The molecule has 8 heteroatoms. The van der Waals surface area contributed by atoms with Crippen molar-refractivity contribution in [3.05, 3.63) is 16.4 Å². The highest BCUT2D eigenvalue weighted by Gasteiger charge is 2.33. The molecule has 1 aromatic heterocycles. The molecule has 23 heavy (non-hydrogen) atoms. The monoisotopic (exact) mass is 386 g/mol. The van der Waals surface area contributed by atoms with Crippen LogP contribution >= 0.6 is 15.9 Å². The number of hydrogen-bond acceptors (Lipinski definition) is 4. The van der Waals surface area contributed by atoms with Crippen LogP contribution in [0.5, 0.6) is 0 Å². The Morgan fingerprint density at radius 2 is 2.00 bits per heavy atom. The van der Waals surface area contributed by atoms with E-state index in [1.165, 1.54) is 0 Å². The Morgan fingerprint density at radius 3 is 2.48 bits per heavy atom. The zero-order valence-corrected chi connectivity index (χ0v) is 15.8. The van der Waals surface area contributed by atoms with Gasteiger partial charge in [0.15, 0.2) is 0 Å². The molecule has 1 aromatic rings. The number of carbonyl (C=O) groups excluding carboxylic acids is 2. The summed E-state index contributed by atoms with van der Waals surface area (Å²) in [6.07, 6.45) is 1.27. The molecule has 0 unspecified atom stereocenters. The molecule has 0 saturated carbocycles. The molecule has 2 heterocycles. The number of amides is 2. The maximum atomic E-state index is 12.7. The summed E-state index contributed by atoms with van der Waals surface area (Å²) in [6.45, 7) is 8.84. The zero-order chi connectivity index (χ0) is 17.4. The summed E-state index contributed by atoms with van der Waals surface area (Å²) in [5, 5.41) is 4.08. The minimum atomic E-state index is -0.521. The van der Waals surface area contributed by atoms with E-state index in [1.54, 1.807) is 27.7 Å². The number of carbonyl (C=O) groups is 2. The second kappa shape index (κ2) is 6.51. The smallest absolute Gasteiger partial charge is 0.410 e. The minimum absolute atomic E-state index is 0.0896. The number of aromatic nitrogens is 2. The largest absolute Gasteiger partial charge is 0.444 e. The SMILES string of the molecule is C[C@@H]1CN(C(=O)OC(C)(C)C)CCN1C(=O)c1c(Br)cnn1C. The summed E-state index contributed by atoms with van der Waals surface area (Å²) in [7, 11) is 1.74. The van der Waals surface area contributed by atoms with E-state index in [9.17, 15) is 9.59 Å². The first kappa shape index (κ1) is 17.8. The van der Waals surface area contributed by atoms with Gasteiger partial charge in [-0.3, -0.25) is 9.48 Å². The molecule has 0 bridgehead atoms. The maximum absolute atomic E-state index is 12.7. The minimum Gasteiger partial charge on any atom is -0.444 e. The van der Waals surface area contributed by atoms with Gasteiger partial charge in [-0.15, -0.1) is 0 Å². The quantitative estimate of drug-likeness (QED) is 0.742. The highest BCUT2D eigenvalue weighted by atomic mass is 79.9. The lowest BCUT2D eigenvalue weighted by atomic mass is 10.1. The second-order valence-corrected chi connectivity index (χ2v) is 7.59. The van der Waals surface area contributed by atoms with E-state index in [2.05, 4.69) is 21.0 Å². The Hall–Kier alpha value is -1.57. The van der Waals surface area contributed by atoms with Crippen molar-refractivity contribution in [1.29, 1.82) is 0 Å².